The van der Waals surface area contributed by atoms with Gasteiger partial charge in [-0.15, -0.1) is 0 Å². The number of halogens is 5. The van der Waals surface area contributed by atoms with Gasteiger partial charge in [-0.3, -0.25) is 0 Å². The van der Waals surface area contributed by atoms with Crippen LogP contribution in [0.2, 0.25) is 0 Å². The minimum absolute atomic E-state index is 0.307. The Bertz CT molecular complexity index is 404. The zero-order valence-electron chi connectivity index (χ0n) is 7.02. The molecule has 0 bridgehead atoms. The molecule has 2 nitrogen and oxygen atoms in total. The van der Waals surface area contributed by atoms with E-state index >= 15 is 0 Å². The van der Waals surface area contributed by atoms with Crippen molar-refractivity contribution in [2.45, 2.75) is 12.6 Å². The van der Waals surface area contributed by atoms with Crippen molar-refractivity contribution in [2.75, 3.05) is 0 Å². The molecule has 80 valence electrons. The highest BCUT2D eigenvalue weighted by atomic mass is 19.4. The normalized spacial score (nSPS) is 11.5. The maximum absolute atomic E-state index is 12.3. The largest absolute Gasteiger partial charge is 0.417 e. The Morgan fingerprint density at radius 1 is 1.33 bits per heavy atom. The monoisotopic (exact) mass is 222 g/mol. The molecule has 0 N–H and O–H groups in total. The average molecular weight is 222 g/mol. The van der Waals surface area contributed by atoms with Gasteiger partial charge in [0, 0.05) is 11.8 Å². The Balaban J connectivity index is 3.37. The van der Waals surface area contributed by atoms with Gasteiger partial charge in [-0.25, -0.2) is 13.8 Å². The standard InChI is InChI=1S/C8H3F5N2/c9-7(10)5-3-15-4(2-14)1-6(5)8(11,12)13/h1,3,7H. The highest BCUT2D eigenvalue weighted by Gasteiger charge is 2.36. The predicted octanol–water partition coefficient (Wildman–Crippen LogP) is 2.91. The molecule has 0 spiro atoms. The summed E-state index contributed by atoms with van der Waals surface area (Å²) in [6.07, 6.45) is -7.83. The van der Waals surface area contributed by atoms with Gasteiger partial charge in [0.1, 0.15) is 11.8 Å². The zero-order valence-corrected chi connectivity index (χ0v) is 7.02. The average Bonchev–Trinajstić information content (AvgIpc) is 2.15. The molecule has 1 aromatic rings. The first-order chi connectivity index (χ1) is 6.86. The second-order valence-electron chi connectivity index (χ2n) is 2.57. The molecule has 0 aliphatic rings. The molecular formula is C8H3F5N2. The molecule has 0 aliphatic carbocycles. The quantitative estimate of drug-likeness (QED) is 0.685. The number of pyridine rings is 1. The van der Waals surface area contributed by atoms with E-state index in [0.29, 0.717) is 12.3 Å². The highest BCUT2D eigenvalue weighted by Crippen LogP contribution is 2.36. The molecule has 0 saturated heterocycles. The van der Waals surface area contributed by atoms with E-state index in [0.717, 1.165) is 0 Å². The van der Waals surface area contributed by atoms with E-state index in [2.05, 4.69) is 4.98 Å². The van der Waals surface area contributed by atoms with E-state index in [1.54, 1.807) is 0 Å². The number of nitrogens with zero attached hydrogens (tertiary/aromatic N) is 2. The molecule has 0 unspecified atom stereocenters. The highest BCUT2D eigenvalue weighted by molar-refractivity contribution is 5.34. The smallest absolute Gasteiger partial charge is 0.245 e. The van der Waals surface area contributed by atoms with Gasteiger partial charge < -0.3 is 0 Å². The number of rotatable bonds is 1. The van der Waals surface area contributed by atoms with Gasteiger partial charge in [0.25, 0.3) is 6.43 Å². The minimum Gasteiger partial charge on any atom is -0.245 e. The summed E-state index contributed by atoms with van der Waals surface area (Å²) in [5, 5.41) is 8.29. The molecule has 0 radical (unpaired) electrons. The van der Waals surface area contributed by atoms with E-state index < -0.39 is 29.4 Å². The van der Waals surface area contributed by atoms with Crippen LogP contribution in [0.4, 0.5) is 22.0 Å². The van der Waals surface area contributed by atoms with E-state index in [-0.39, 0.29) is 0 Å². The fourth-order valence-electron chi connectivity index (χ4n) is 0.946. The van der Waals surface area contributed by atoms with Gasteiger partial charge in [-0.2, -0.15) is 18.4 Å². The van der Waals surface area contributed by atoms with Crippen molar-refractivity contribution in [2.24, 2.45) is 0 Å². The van der Waals surface area contributed by atoms with Gasteiger partial charge in [-0.1, -0.05) is 0 Å². The first-order valence-electron chi connectivity index (χ1n) is 3.61. The summed E-state index contributed by atoms with van der Waals surface area (Å²) in [5.41, 5.74) is -3.29. The maximum atomic E-state index is 12.3. The van der Waals surface area contributed by atoms with Gasteiger partial charge in [0.2, 0.25) is 0 Å². The minimum atomic E-state index is -4.92. The lowest BCUT2D eigenvalue weighted by atomic mass is 10.1. The molecule has 0 aliphatic heterocycles. The number of aromatic nitrogens is 1. The molecule has 0 saturated carbocycles. The van der Waals surface area contributed by atoms with Gasteiger partial charge >= 0.3 is 6.18 Å². The van der Waals surface area contributed by atoms with E-state index in [4.69, 9.17) is 5.26 Å². The van der Waals surface area contributed by atoms with Crippen LogP contribution in [0.1, 0.15) is 23.2 Å². The third-order valence-corrected chi connectivity index (χ3v) is 1.59. The molecule has 15 heavy (non-hydrogen) atoms. The zero-order chi connectivity index (χ0) is 11.6. The second kappa shape index (κ2) is 3.81. The topological polar surface area (TPSA) is 36.7 Å². The Morgan fingerprint density at radius 3 is 2.33 bits per heavy atom. The number of hydrogen-bond acceptors (Lipinski definition) is 2. The van der Waals surface area contributed by atoms with Crippen LogP contribution < -0.4 is 0 Å². The molecule has 0 fully saturated rings. The third kappa shape index (κ3) is 2.40. The molecule has 1 aromatic heterocycles. The van der Waals surface area contributed by atoms with Gasteiger partial charge in [0.15, 0.2) is 0 Å². The van der Waals surface area contributed by atoms with Crippen molar-refractivity contribution in [3.8, 4) is 6.07 Å². The van der Waals surface area contributed by atoms with Crippen LogP contribution in [-0.2, 0) is 6.18 Å². The lowest BCUT2D eigenvalue weighted by Gasteiger charge is -2.11. The van der Waals surface area contributed by atoms with Crippen molar-refractivity contribution in [1.29, 1.82) is 5.26 Å². The predicted molar refractivity (Wildman–Crippen MR) is 38.9 cm³/mol. The Morgan fingerprint density at radius 2 is 1.93 bits per heavy atom. The molecule has 0 atom stereocenters. The second-order valence-corrected chi connectivity index (χ2v) is 2.57. The molecule has 0 amide bonds. The summed E-state index contributed by atoms with van der Waals surface area (Å²) in [4.78, 5) is 3.15. The number of nitriles is 1. The SMILES string of the molecule is N#Cc1cc(C(F)(F)F)c(C(F)F)cn1. The molecule has 1 rings (SSSR count). The van der Waals surface area contributed by atoms with Crippen LogP contribution in [0.5, 0.6) is 0 Å². The van der Waals surface area contributed by atoms with Crippen molar-refractivity contribution in [3.63, 3.8) is 0 Å². The maximum Gasteiger partial charge on any atom is 0.417 e. The lowest BCUT2D eigenvalue weighted by molar-refractivity contribution is -0.139. The van der Waals surface area contributed by atoms with E-state index in [9.17, 15) is 22.0 Å². The first kappa shape index (κ1) is 11.4. The van der Waals surface area contributed by atoms with Crippen LogP contribution in [0.15, 0.2) is 12.3 Å². The van der Waals surface area contributed by atoms with E-state index in [1.165, 1.54) is 6.07 Å². The van der Waals surface area contributed by atoms with Crippen molar-refractivity contribution >= 4 is 0 Å². The molecular weight excluding hydrogens is 219 g/mol. The number of alkyl halides is 5. The van der Waals surface area contributed by atoms with Crippen LogP contribution in [0.25, 0.3) is 0 Å². The molecule has 7 heteroatoms. The van der Waals surface area contributed by atoms with Crippen molar-refractivity contribution in [3.05, 3.63) is 29.1 Å². The Hall–Kier alpha value is -1.71. The number of hydrogen-bond donors (Lipinski definition) is 0. The molecule has 1 heterocycles. The third-order valence-electron chi connectivity index (χ3n) is 1.59. The van der Waals surface area contributed by atoms with Crippen molar-refractivity contribution < 1.29 is 22.0 Å². The van der Waals surface area contributed by atoms with Crippen LogP contribution in [0.3, 0.4) is 0 Å². The first-order valence-corrected chi connectivity index (χ1v) is 3.61. The summed E-state index contributed by atoms with van der Waals surface area (Å²) in [6.45, 7) is 0. The van der Waals surface area contributed by atoms with Gasteiger partial charge in [-0.05, 0) is 6.07 Å². The van der Waals surface area contributed by atoms with Crippen LogP contribution in [-0.4, -0.2) is 4.98 Å². The Kier molecular flexibility index (Phi) is 2.88. The summed E-state index contributed by atoms with van der Waals surface area (Å²) >= 11 is 0. The fourth-order valence-corrected chi connectivity index (χ4v) is 0.946. The van der Waals surface area contributed by atoms with Crippen molar-refractivity contribution in [1.82, 2.24) is 4.98 Å². The summed E-state index contributed by atoms with van der Waals surface area (Å²) in [6, 6.07) is 1.66. The summed E-state index contributed by atoms with van der Waals surface area (Å²) < 4.78 is 61.1. The van der Waals surface area contributed by atoms with E-state index in [1.807, 2.05) is 0 Å². The lowest BCUT2D eigenvalue weighted by Crippen LogP contribution is -2.10. The molecule has 0 aromatic carbocycles. The summed E-state index contributed by atoms with van der Waals surface area (Å²) in [5.74, 6) is 0. The Labute approximate surface area is 81.0 Å². The van der Waals surface area contributed by atoms with Crippen LogP contribution >= 0.6 is 0 Å². The summed E-state index contributed by atoms with van der Waals surface area (Å²) in [7, 11) is 0. The van der Waals surface area contributed by atoms with Gasteiger partial charge in [0.05, 0.1) is 5.56 Å². The van der Waals surface area contributed by atoms with Crippen LogP contribution in [0, 0.1) is 11.3 Å². The fraction of sp³-hybridized carbons (Fsp3) is 0.250.